The Kier molecular flexibility index (Phi) is 2.61. The number of ether oxygens (including phenoxy) is 1. The molecule has 0 saturated carbocycles. The van der Waals surface area contributed by atoms with Crippen LogP contribution in [0.1, 0.15) is 25.0 Å². The fraction of sp³-hybridized carbons (Fsp3) is 0.636. The van der Waals surface area contributed by atoms with Gasteiger partial charge < -0.3 is 14.9 Å². The van der Waals surface area contributed by atoms with Crippen LogP contribution in [0.25, 0.3) is 0 Å². The Morgan fingerprint density at radius 3 is 2.79 bits per heavy atom. The van der Waals surface area contributed by atoms with Crippen molar-refractivity contribution < 1.29 is 9.15 Å². The van der Waals surface area contributed by atoms with Crippen LogP contribution in [0.15, 0.2) is 22.8 Å². The van der Waals surface area contributed by atoms with Gasteiger partial charge in [-0.1, -0.05) is 6.92 Å². The van der Waals surface area contributed by atoms with E-state index in [9.17, 15) is 0 Å². The maximum absolute atomic E-state index is 5.75. The lowest BCUT2D eigenvalue weighted by atomic mass is 9.78. The molecule has 0 amide bonds. The molecule has 0 spiro atoms. The first-order valence-electron chi connectivity index (χ1n) is 5.05. The van der Waals surface area contributed by atoms with E-state index in [0.717, 1.165) is 25.4 Å². The van der Waals surface area contributed by atoms with Crippen LogP contribution in [-0.4, -0.2) is 19.8 Å². The Hall–Kier alpha value is -0.800. The van der Waals surface area contributed by atoms with Crippen molar-refractivity contribution in [2.75, 3.05) is 19.8 Å². The first kappa shape index (κ1) is 9.74. The van der Waals surface area contributed by atoms with Crippen molar-refractivity contribution >= 4 is 0 Å². The predicted octanol–water partition coefficient (Wildman–Crippen LogP) is 1.75. The second-order valence-corrected chi connectivity index (χ2v) is 4.46. The summed E-state index contributed by atoms with van der Waals surface area (Å²) in [6.07, 6.45) is 2.76. The topological polar surface area (TPSA) is 48.4 Å². The summed E-state index contributed by atoms with van der Waals surface area (Å²) in [4.78, 5) is 0. The fourth-order valence-electron chi connectivity index (χ4n) is 1.99. The highest BCUT2D eigenvalue weighted by atomic mass is 16.5. The van der Waals surface area contributed by atoms with E-state index in [1.54, 1.807) is 6.26 Å². The van der Waals surface area contributed by atoms with Gasteiger partial charge in [0, 0.05) is 17.9 Å². The summed E-state index contributed by atoms with van der Waals surface area (Å²) in [5, 5.41) is 0. The summed E-state index contributed by atoms with van der Waals surface area (Å²) < 4.78 is 10.6. The summed E-state index contributed by atoms with van der Waals surface area (Å²) >= 11 is 0. The minimum atomic E-state index is 0.302. The van der Waals surface area contributed by atoms with Gasteiger partial charge in [-0.25, -0.2) is 0 Å². The molecule has 1 unspecified atom stereocenters. The first-order valence-corrected chi connectivity index (χ1v) is 5.05. The molecule has 1 atom stereocenters. The average Bonchev–Trinajstić information content (AvgIpc) is 2.64. The van der Waals surface area contributed by atoms with Gasteiger partial charge >= 0.3 is 0 Å². The van der Waals surface area contributed by atoms with Crippen LogP contribution in [0, 0.1) is 5.41 Å². The molecule has 3 heteroatoms. The Bertz CT molecular complexity index is 277. The first-order chi connectivity index (χ1) is 6.73. The smallest absolute Gasteiger partial charge is 0.108 e. The minimum Gasteiger partial charge on any atom is -0.469 e. The zero-order chi connectivity index (χ0) is 10.0. The van der Waals surface area contributed by atoms with Gasteiger partial charge in [-0.2, -0.15) is 0 Å². The van der Waals surface area contributed by atoms with Crippen LogP contribution in [0.3, 0.4) is 0 Å². The van der Waals surface area contributed by atoms with Gasteiger partial charge in [0.25, 0.3) is 0 Å². The molecule has 0 aromatic carbocycles. The fourth-order valence-corrected chi connectivity index (χ4v) is 1.99. The van der Waals surface area contributed by atoms with Crippen LogP contribution in [-0.2, 0) is 4.74 Å². The molecule has 0 bridgehead atoms. The van der Waals surface area contributed by atoms with Crippen LogP contribution < -0.4 is 5.73 Å². The van der Waals surface area contributed by atoms with Gasteiger partial charge in [-0.3, -0.25) is 0 Å². The van der Waals surface area contributed by atoms with Crippen molar-refractivity contribution in [2.45, 2.75) is 19.3 Å². The van der Waals surface area contributed by atoms with Crippen LogP contribution in [0.2, 0.25) is 0 Å². The molecule has 1 aliphatic heterocycles. The van der Waals surface area contributed by atoms with Crippen molar-refractivity contribution in [1.29, 1.82) is 0 Å². The molecule has 1 aromatic heterocycles. The quantitative estimate of drug-likeness (QED) is 0.796. The predicted molar refractivity (Wildman–Crippen MR) is 54.0 cm³/mol. The number of nitrogens with two attached hydrogens (primary N) is 1. The maximum atomic E-state index is 5.75. The summed E-state index contributed by atoms with van der Waals surface area (Å²) in [5.74, 6) is 1.33. The molecule has 2 rings (SSSR count). The Morgan fingerprint density at radius 1 is 1.57 bits per heavy atom. The Balaban J connectivity index is 2.00. The SMILES string of the molecule is CC1(CC(CN)c2ccco2)COC1. The van der Waals surface area contributed by atoms with Crippen LogP contribution in [0.4, 0.5) is 0 Å². The third kappa shape index (κ3) is 1.83. The highest BCUT2D eigenvalue weighted by Crippen LogP contribution is 2.37. The molecule has 0 radical (unpaired) electrons. The lowest BCUT2D eigenvalue weighted by molar-refractivity contribution is -0.109. The highest BCUT2D eigenvalue weighted by molar-refractivity contribution is 5.07. The average molecular weight is 195 g/mol. The third-order valence-corrected chi connectivity index (χ3v) is 2.87. The van der Waals surface area contributed by atoms with Crippen molar-refractivity contribution in [2.24, 2.45) is 11.1 Å². The number of rotatable bonds is 4. The Labute approximate surface area is 84.2 Å². The minimum absolute atomic E-state index is 0.302. The van der Waals surface area contributed by atoms with E-state index in [-0.39, 0.29) is 0 Å². The molecule has 1 fully saturated rings. The van der Waals surface area contributed by atoms with E-state index in [4.69, 9.17) is 14.9 Å². The van der Waals surface area contributed by atoms with Gasteiger partial charge in [0.2, 0.25) is 0 Å². The standard InChI is InChI=1S/C11H17NO2/c1-11(7-13-8-11)5-9(6-12)10-3-2-4-14-10/h2-4,9H,5-8,12H2,1H3. The summed E-state index contributed by atoms with van der Waals surface area (Å²) in [6.45, 7) is 4.58. The molecular weight excluding hydrogens is 178 g/mol. The summed E-state index contributed by atoms with van der Waals surface area (Å²) in [6, 6.07) is 3.91. The molecule has 2 heterocycles. The molecule has 1 aromatic rings. The lowest BCUT2D eigenvalue weighted by Gasteiger charge is -2.40. The third-order valence-electron chi connectivity index (χ3n) is 2.87. The highest BCUT2D eigenvalue weighted by Gasteiger charge is 2.36. The van der Waals surface area contributed by atoms with E-state index in [2.05, 4.69) is 6.92 Å². The van der Waals surface area contributed by atoms with Crippen molar-refractivity contribution in [3.05, 3.63) is 24.2 Å². The largest absolute Gasteiger partial charge is 0.469 e. The normalized spacial score (nSPS) is 21.6. The molecule has 2 N–H and O–H groups in total. The molecule has 1 saturated heterocycles. The van der Waals surface area contributed by atoms with Crippen LogP contribution >= 0.6 is 0 Å². The van der Waals surface area contributed by atoms with Gasteiger partial charge in [0.1, 0.15) is 5.76 Å². The Morgan fingerprint density at radius 2 is 2.36 bits per heavy atom. The molecule has 78 valence electrons. The lowest BCUT2D eigenvalue weighted by Crippen LogP contribution is -2.41. The maximum Gasteiger partial charge on any atom is 0.108 e. The van der Waals surface area contributed by atoms with Crippen molar-refractivity contribution in [1.82, 2.24) is 0 Å². The molecule has 1 aliphatic rings. The van der Waals surface area contributed by atoms with Gasteiger partial charge in [0.05, 0.1) is 19.5 Å². The monoisotopic (exact) mass is 195 g/mol. The molecule has 3 nitrogen and oxygen atoms in total. The zero-order valence-electron chi connectivity index (χ0n) is 8.53. The van der Waals surface area contributed by atoms with Gasteiger partial charge in [-0.15, -0.1) is 0 Å². The van der Waals surface area contributed by atoms with E-state index < -0.39 is 0 Å². The molecule has 0 aliphatic carbocycles. The van der Waals surface area contributed by atoms with E-state index in [1.807, 2.05) is 12.1 Å². The number of furan rings is 1. The van der Waals surface area contributed by atoms with Gasteiger partial charge in [0.15, 0.2) is 0 Å². The van der Waals surface area contributed by atoms with Gasteiger partial charge in [-0.05, 0) is 18.6 Å². The summed E-state index contributed by atoms with van der Waals surface area (Å²) in [7, 11) is 0. The number of hydrogen-bond donors (Lipinski definition) is 1. The molecular formula is C11H17NO2. The van der Waals surface area contributed by atoms with Crippen molar-refractivity contribution in [3.63, 3.8) is 0 Å². The zero-order valence-corrected chi connectivity index (χ0v) is 8.53. The number of hydrogen-bond acceptors (Lipinski definition) is 3. The second-order valence-electron chi connectivity index (χ2n) is 4.46. The van der Waals surface area contributed by atoms with E-state index in [1.165, 1.54) is 0 Å². The van der Waals surface area contributed by atoms with E-state index in [0.29, 0.717) is 17.9 Å². The molecule has 14 heavy (non-hydrogen) atoms. The van der Waals surface area contributed by atoms with Crippen LogP contribution in [0.5, 0.6) is 0 Å². The summed E-state index contributed by atoms with van der Waals surface area (Å²) in [5.41, 5.74) is 6.05. The van der Waals surface area contributed by atoms with Crippen molar-refractivity contribution in [3.8, 4) is 0 Å². The second kappa shape index (κ2) is 3.75. The van der Waals surface area contributed by atoms with E-state index >= 15 is 0 Å².